The van der Waals surface area contributed by atoms with Gasteiger partial charge in [-0.2, -0.15) is 0 Å². The summed E-state index contributed by atoms with van der Waals surface area (Å²) in [5.74, 6) is -3.46. The fourth-order valence-corrected chi connectivity index (χ4v) is 3.46. The molecule has 0 N–H and O–H groups in total. The number of nitrogens with zero attached hydrogens (tertiary/aromatic N) is 1. The monoisotopic (exact) mass is 259 g/mol. The lowest BCUT2D eigenvalue weighted by atomic mass is 9.88. The van der Waals surface area contributed by atoms with Crippen molar-refractivity contribution >= 4 is 11.9 Å². The third-order valence-corrected chi connectivity index (χ3v) is 4.53. The molecule has 1 saturated carbocycles. The van der Waals surface area contributed by atoms with E-state index in [1.807, 2.05) is 0 Å². The van der Waals surface area contributed by atoms with Gasteiger partial charge in [0.25, 0.3) is 5.92 Å². The van der Waals surface area contributed by atoms with Gasteiger partial charge in [0.2, 0.25) is 5.91 Å². The molecule has 0 unspecified atom stereocenters. The first kappa shape index (κ1) is 11.9. The van der Waals surface area contributed by atoms with Gasteiger partial charge in [0.05, 0.1) is 12.0 Å². The van der Waals surface area contributed by atoms with E-state index in [1.54, 1.807) is 6.92 Å². The molecule has 0 bridgehead atoms. The summed E-state index contributed by atoms with van der Waals surface area (Å²) in [4.78, 5) is 25.2. The SMILES string of the molecule is CCOC(=O)[C@@]12CCC(=O)N1C[C@]1(CC1(F)F)C2. The molecule has 1 aliphatic carbocycles. The molecule has 0 aromatic rings. The Balaban J connectivity index is 1.92. The fraction of sp³-hybridized carbons (Fsp3) is 0.833. The van der Waals surface area contributed by atoms with E-state index in [9.17, 15) is 18.4 Å². The second-order valence-electron chi connectivity index (χ2n) is 5.57. The maximum Gasteiger partial charge on any atom is 0.332 e. The van der Waals surface area contributed by atoms with E-state index in [0.29, 0.717) is 6.42 Å². The van der Waals surface area contributed by atoms with Crippen LogP contribution in [0.15, 0.2) is 0 Å². The highest BCUT2D eigenvalue weighted by atomic mass is 19.3. The minimum absolute atomic E-state index is 0.00233. The quantitative estimate of drug-likeness (QED) is 0.703. The molecular formula is C12H15F2NO3. The lowest BCUT2D eigenvalue weighted by molar-refractivity contribution is -0.157. The predicted molar refractivity (Wildman–Crippen MR) is 56.9 cm³/mol. The third kappa shape index (κ3) is 1.23. The molecule has 2 atom stereocenters. The average Bonchev–Trinajstić information content (AvgIpc) is 2.60. The molecule has 3 aliphatic rings. The highest BCUT2D eigenvalue weighted by Gasteiger charge is 2.79. The first-order valence-electron chi connectivity index (χ1n) is 6.22. The zero-order valence-electron chi connectivity index (χ0n) is 10.2. The number of alkyl halides is 2. The lowest BCUT2D eigenvalue weighted by Gasteiger charge is -2.28. The maximum absolute atomic E-state index is 13.5. The number of amides is 1. The van der Waals surface area contributed by atoms with Crippen LogP contribution >= 0.6 is 0 Å². The molecule has 1 amide bonds. The summed E-state index contributed by atoms with van der Waals surface area (Å²) in [7, 11) is 0. The summed E-state index contributed by atoms with van der Waals surface area (Å²) in [6.07, 6.45) is 0.394. The second kappa shape index (κ2) is 3.22. The molecule has 3 fully saturated rings. The van der Waals surface area contributed by atoms with Gasteiger partial charge in [-0.05, 0) is 19.8 Å². The van der Waals surface area contributed by atoms with E-state index in [4.69, 9.17) is 4.74 Å². The molecule has 3 rings (SSSR count). The molecule has 1 spiro atoms. The zero-order valence-corrected chi connectivity index (χ0v) is 10.2. The second-order valence-corrected chi connectivity index (χ2v) is 5.57. The summed E-state index contributed by atoms with van der Waals surface area (Å²) in [6, 6.07) is 0. The van der Waals surface area contributed by atoms with Crippen molar-refractivity contribution in [3.05, 3.63) is 0 Å². The number of carbonyl (C=O) groups excluding carboxylic acids is 2. The molecule has 18 heavy (non-hydrogen) atoms. The molecule has 2 saturated heterocycles. The topological polar surface area (TPSA) is 46.6 Å². The highest BCUT2D eigenvalue weighted by molar-refractivity contribution is 5.93. The van der Waals surface area contributed by atoms with Gasteiger partial charge in [-0.1, -0.05) is 0 Å². The Hall–Kier alpha value is -1.20. The lowest BCUT2D eigenvalue weighted by Crippen LogP contribution is -2.48. The van der Waals surface area contributed by atoms with Crippen LogP contribution in [0.3, 0.4) is 0 Å². The van der Waals surface area contributed by atoms with E-state index in [1.165, 1.54) is 4.90 Å². The highest BCUT2D eigenvalue weighted by Crippen LogP contribution is 2.69. The molecular weight excluding hydrogens is 244 g/mol. The van der Waals surface area contributed by atoms with Crippen molar-refractivity contribution in [3.63, 3.8) is 0 Å². The molecule has 0 aromatic carbocycles. The molecule has 0 radical (unpaired) electrons. The summed E-state index contributed by atoms with van der Waals surface area (Å²) in [5.41, 5.74) is -2.29. The Morgan fingerprint density at radius 3 is 2.67 bits per heavy atom. The van der Waals surface area contributed by atoms with Crippen LogP contribution in [0.25, 0.3) is 0 Å². The van der Waals surface area contributed by atoms with Crippen LogP contribution in [0.2, 0.25) is 0 Å². The van der Waals surface area contributed by atoms with Gasteiger partial charge in [-0.15, -0.1) is 0 Å². The van der Waals surface area contributed by atoms with Gasteiger partial charge < -0.3 is 9.64 Å². The van der Waals surface area contributed by atoms with Crippen molar-refractivity contribution in [1.82, 2.24) is 4.90 Å². The van der Waals surface area contributed by atoms with Gasteiger partial charge in [0.1, 0.15) is 5.54 Å². The van der Waals surface area contributed by atoms with E-state index in [2.05, 4.69) is 0 Å². The van der Waals surface area contributed by atoms with E-state index in [-0.39, 0.29) is 38.3 Å². The Morgan fingerprint density at radius 1 is 1.44 bits per heavy atom. The maximum atomic E-state index is 13.5. The minimum atomic E-state index is -2.74. The number of halogens is 2. The number of fused-ring (bicyclic) bond motifs is 1. The summed E-state index contributed by atoms with van der Waals surface area (Å²) in [6.45, 7) is 1.87. The molecule has 4 nitrogen and oxygen atoms in total. The Labute approximate surface area is 103 Å². The summed E-state index contributed by atoms with van der Waals surface area (Å²) in [5, 5.41) is 0. The number of hydrogen-bond donors (Lipinski definition) is 0. The number of hydrogen-bond acceptors (Lipinski definition) is 3. The summed E-state index contributed by atoms with van der Waals surface area (Å²) >= 11 is 0. The number of rotatable bonds is 2. The van der Waals surface area contributed by atoms with Crippen molar-refractivity contribution in [2.45, 2.75) is 44.1 Å². The standard InChI is InChI=1S/C12H15F2NO3/c1-2-18-9(17)11-4-3-8(16)15(11)7-10(5-11)6-12(10,13)14/h2-7H2,1H3/t10-,11+/m1/s1. The van der Waals surface area contributed by atoms with E-state index < -0.39 is 22.8 Å². The van der Waals surface area contributed by atoms with Crippen LogP contribution in [-0.4, -0.2) is 41.4 Å². The van der Waals surface area contributed by atoms with Crippen LogP contribution in [0.4, 0.5) is 8.78 Å². The Kier molecular flexibility index (Phi) is 2.12. The Morgan fingerprint density at radius 2 is 2.11 bits per heavy atom. The minimum Gasteiger partial charge on any atom is -0.464 e. The van der Waals surface area contributed by atoms with E-state index in [0.717, 1.165) is 0 Å². The fourth-order valence-electron chi connectivity index (χ4n) is 3.46. The van der Waals surface area contributed by atoms with Crippen molar-refractivity contribution in [1.29, 1.82) is 0 Å². The Bertz CT molecular complexity index is 439. The number of carbonyl (C=O) groups is 2. The van der Waals surface area contributed by atoms with Crippen LogP contribution in [0, 0.1) is 5.41 Å². The third-order valence-electron chi connectivity index (χ3n) is 4.53. The van der Waals surface area contributed by atoms with Crippen molar-refractivity contribution in [2.24, 2.45) is 5.41 Å². The van der Waals surface area contributed by atoms with Crippen molar-refractivity contribution in [3.8, 4) is 0 Å². The molecule has 2 heterocycles. The normalized spacial score (nSPS) is 40.2. The predicted octanol–water partition coefficient (Wildman–Crippen LogP) is 1.34. The van der Waals surface area contributed by atoms with E-state index >= 15 is 0 Å². The van der Waals surface area contributed by atoms with Crippen LogP contribution < -0.4 is 0 Å². The molecule has 6 heteroatoms. The number of ether oxygens (including phenoxy) is 1. The van der Waals surface area contributed by atoms with Crippen LogP contribution in [-0.2, 0) is 14.3 Å². The van der Waals surface area contributed by atoms with Crippen LogP contribution in [0.1, 0.15) is 32.6 Å². The molecule has 2 aliphatic heterocycles. The first-order chi connectivity index (χ1) is 8.37. The van der Waals surface area contributed by atoms with Crippen molar-refractivity contribution in [2.75, 3.05) is 13.2 Å². The molecule has 100 valence electrons. The summed E-state index contributed by atoms with van der Waals surface area (Å²) < 4.78 is 31.9. The van der Waals surface area contributed by atoms with Gasteiger partial charge in [-0.25, -0.2) is 13.6 Å². The first-order valence-corrected chi connectivity index (χ1v) is 6.22. The molecule has 0 aromatic heterocycles. The number of esters is 1. The van der Waals surface area contributed by atoms with Gasteiger partial charge in [0, 0.05) is 19.4 Å². The largest absolute Gasteiger partial charge is 0.464 e. The smallest absolute Gasteiger partial charge is 0.332 e. The van der Waals surface area contributed by atoms with Gasteiger partial charge >= 0.3 is 5.97 Å². The van der Waals surface area contributed by atoms with Gasteiger partial charge in [0.15, 0.2) is 0 Å². The average molecular weight is 259 g/mol. The van der Waals surface area contributed by atoms with Gasteiger partial charge in [-0.3, -0.25) is 4.79 Å². The van der Waals surface area contributed by atoms with Crippen LogP contribution in [0.5, 0.6) is 0 Å². The van der Waals surface area contributed by atoms with Crippen molar-refractivity contribution < 1.29 is 23.1 Å². The zero-order chi connectivity index (χ0) is 13.2.